The fourth-order valence-electron chi connectivity index (χ4n) is 3.37. The van der Waals surface area contributed by atoms with Crippen molar-refractivity contribution >= 4 is 11.7 Å². The summed E-state index contributed by atoms with van der Waals surface area (Å²) in [5.41, 5.74) is 2.13. The largest absolute Gasteiger partial charge is 0.390 e. The van der Waals surface area contributed by atoms with E-state index < -0.39 is 0 Å². The van der Waals surface area contributed by atoms with Crippen molar-refractivity contribution in [3.8, 4) is 0 Å². The van der Waals surface area contributed by atoms with E-state index in [1.165, 1.54) is 5.56 Å². The Balaban J connectivity index is 1.47. The first-order chi connectivity index (χ1) is 11.0. The van der Waals surface area contributed by atoms with Gasteiger partial charge in [-0.05, 0) is 36.5 Å². The van der Waals surface area contributed by atoms with Crippen molar-refractivity contribution in [1.29, 1.82) is 0 Å². The number of carbonyl (C=O) groups excluding carboxylic acids is 1. The zero-order valence-corrected chi connectivity index (χ0v) is 14.0. The van der Waals surface area contributed by atoms with Crippen LogP contribution in [0.4, 0.5) is 10.5 Å². The highest BCUT2D eigenvalue weighted by Crippen LogP contribution is 2.22. The third-order valence-corrected chi connectivity index (χ3v) is 4.99. The minimum Gasteiger partial charge on any atom is -0.390 e. The van der Waals surface area contributed by atoms with Gasteiger partial charge in [0.2, 0.25) is 0 Å². The predicted molar refractivity (Wildman–Crippen MR) is 91.7 cm³/mol. The van der Waals surface area contributed by atoms with Crippen molar-refractivity contribution in [3.05, 3.63) is 29.8 Å². The number of β-amino-alcohol motifs (C(OH)–C–C–N with tert-alkyl or cyclic N) is 1. The molecule has 0 aliphatic carbocycles. The average Bonchev–Trinajstić information content (AvgIpc) is 2.52. The molecule has 1 aromatic rings. The van der Waals surface area contributed by atoms with Crippen LogP contribution in [0.25, 0.3) is 0 Å². The van der Waals surface area contributed by atoms with E-state index in [1.807, 2.05) is 17.0 Å². The van der Waals surface area contributed by atoms with E-state index in [9.17, 15) is 9.90 Å². The number of rotatable bonds is 3. The molecule has 0 radical (unpaired) electrons. The summed E-state index contributed by atoms with van der Waals surface area (Å²) in [4.78, 5) is 16.6. The molecular weight excluding hydrogens is 290 g/mol. The molecule has 0 atom stereocenters. The molecule has 126 valence electrons. The Morgan fingerprint density at radius 2 is 1.78 bits per heavy atom. The lowest BCUT2D eigenvalue weighted by Crippen LogP contribution is -2.58. The molecule has 2 aliphatic heterocycles. The topological polar surface area (TPSA) is 55.8 Å². The lowest BCUT2D eigenvalue weighted by Gasteiger charge is -2.45. The van der Waals surface area contributed by atoms with Gasteiger partial charge in [0.15, 0.2) is 0 Å². The second-order valence-electron chi connectivity index (χ2n) is 7.03. The van der Waals surface area contributed by atoms with Gasteiger partial charge in [-0.2, -0.15) is 0 Å². The van der Waals surface area contributed by atoms with Gasteiger partial charge in [0, 0.05) is 37.9 Å². The van der Waals surface area contributed by atoms with Crippen LogP contribution in [0.15, 0.2) is 24.3 Å². The number of likely N-dealkylation sites (tertiary alicyclic amines) is 2. The van der Waals surface area contributed by atoms with Crippen molar-refractivity contribution in [2.75, 3.05) is 31.5 Å². The fourth-order valence-corrected chi connectivity index (χ4v) is 3.37. The van der Waals surface area contributed by atoms with Crippen LogP contribution in [0.1, 0.15) is 38.2 Å². The molecule has 5 heteroatoms. The molecule has 0 bridgehead atoms. The molecule has 1 aromatic carbocycles. The standard InChI is InChI=1S/C18H27N3O2/c1-13(2)14-3-5-15(6-4-14)19-18(23)20-9-7-16(8-10-20)21-11-17(22)12-21/h3-6,13,16-17,22H,7-12H2,1-2H3,(H,19,23). The average molecular weight is 317 g/mol. The number of benzene rings is 1. The maximum atomic E-state index is 12.4. The third kappa shape index (κ3) is 3.85. The third-order valence-electron chi connectivity index (χ3n) is 4.99. The summed E-state index contributed by atoms with van der Waals surface area (Å²) in [7, 11) is 0. The number of hydrogen-bond acceptors (Lipinski definition) is 3. The van der Waals surface area contributed by atoms with E-state index in [2.05, 4.69) is 36.2 Å². The number of nitrogens with zero attached hydrogens (tertiary/aromatic N) is 2. The minimum atomic E-state index is -0.148. The van der Waals surface area contributed by atoms with Gasteiger partial charge in [0.05, 0.1) is 6.10 Å². The molecule has 5 nitrogen and oxygen atoms in total. The van der Waals surface area contributed by atoms with Crippen LogP contribution in [0.2, 0.25) is 0 Å². The Labute approximate surface area is 138 Å². The Hall–Kier alpha value is -1.59. The van der Waals surface area contributed by atoms with Crippen molar-refractivity contribution < 1.29 is 9.90 Å². The van der Waals surface area contributed by atoms with Crippen LogP contribution in [0.5, 0.6) is 0 Å². The summed E-state index contributed by atoms with van der Waals surface area (Å²) in [6.45, 7) is 7.47. The Bertz CT molecular complexity index is 530. The molecule has 2 fully saturated rings. The summed E-state index contributed by atoms with van der Waals surface area (Å²) < 4.78 is 0. The van der Waals surface area contributed by atoms with Crippen LogP contribution in [-0.4, -0.2) is 59.3 Å². The van der Waals surface area contributed by atoms with Gasteiger partial charge in [-0.1, -0.05) is 26.0 Å². The quantitative estimate of drug-likeness (QED) is 0.900. The predicted octanol–water partition coefficient (Wildman–Crippen LogP) is 2.48. The molecule has 2 saturated heterocycles. The lowest BCUT2D eigenvalue weighted by atomic mass is 9.99. The highest BCUT2D eigenvalue weighted by molar-refractivity contribution is 5.89. The van der Waals surface area contributed by atoms with E-state index in [4.69, 9.17) is 0 Å². The maximum absolute atomic E-state index is 12.4. The molecule has 2 aliphatic rings. The number of nitrogens with one attached hydrogen (secondary N) is 1. The van der Waals surface area contributed by atoms with Crippen LogP contribution in [0, 0.1) is 0 Å². The second kappa shape index (κ2) is 6.89. The molecule has 0 unspecified atom stereocenters. The molecule has 2 amide bonds. The molecule has 23 heavy (non-hydrogen) atoms. The first-order valence-corrected chi connectivity index (χ1v) is 8.61. The van der Waals surface area contributed by atoms with Crippen molar-refractivity contribution in [1.82, 2.24) is 9.80 Å². The second-order valence-corrected chi connectivity index (χ2v) is 7.03. The van der Waals surface area contributed by atoms with Gasteiger partial charge in [0.25, 0.3) is 0 Å². The summed E-state index contributed by atoms with van der Waals surface area (Å²) in [5, 5.41) is 12.4. The van der Waals surface area contributed by atoms with Gasteiger partial charge >= 0.3 is 6.03 Å². The fraction of sp³-hybridized carbons (Fsp3) is 0.611. The highest BCUT2D eigenvalue weighted by Gasteiger charge is 2.33. The Morgan fingerprint density at radius 1 is 1.17 bits per heavy atom. The number of hydrogen-bond donors (Lipinski definition) is 2. The van der Waals surface area contributed by atoms with Crippen molar-refractivity contribution in [2.45, 2.75) is 44.8 Å². The maximum Gasteiger partial charge on any atom is 0.321 e. The van der Waals surface area contributed by atoms with Crippen molar-refractivity contribution in [3.63, 3.8) is 0 Å². The van der Waals surface area contributed by atoms with Crippen molar-refractivity contribution in [2.24, 2.45) is 0 Å². The van der Waals surface area contributed by atoms with E-state index in [-0.39, 0.29) is 12.1 Å². The van der Waals surface area contributed by atoms with Gasteiger partial charge in [-0.15, -0.1) is 0 Å². The van der Waals surface area contributed by atoms with E-state index >= 15 is 0 Å². The zero-order chi connectivity index (χ0) is 16.4. The number of urea groups is 1. The van der Waals surface area contributed by atoms with Gasteiger partial charge in [-0.3, -0.25) is 4.90 Å². The van der Waals surface area contributed by atoms with E-state index in [0.29, 0.717) is 12.0 Å². The van der Waals surface area contributed by atoms with Crippen LogP contribution >= 0.6 is 0 Å². The molecule has 0 spiro atoms. The monoisotopic (exact) mass is 317 g/mol. The smallest absolute Gasteiger partial charge is 0.321 e. The minimum absolute atomic E-state index is 0.00982. The summed E-state index contributed by atoms with van der Waals surface area (Å²) in [5.74, 6) is 0.499. The Morgan fingerprint density at radius 3 is 2.30 bits per heavy atom. The van der Waals surface area contributed by atoms with E-state index in [0.717, 1.165) is 44.7 Å². The number of aliphatic hydroxyl groups is 1. The van der Waals surface area contributed by atoms with Gasteiger partial charge < -0.3 is 15.3 Å². The SMILES string of the molecule is CC(C)c1ccc(NC(=O)N2CCC(N3CC(O)C3)CC2)cc1. The van der Waals surface area contributed by atoms with Gasteiger partial charge in [-0.25, -0.2) is 4.79 Å². The molecule has 0 saturated carbocycles. The van der Waals surface area contributed by atoms with Crippen LogP contribution < -0.4 is 5.32 Å². The number of piperidine rings is 1. The first kappa shape index (κ1) is 16.3. The van der Waals surface area contributed by atoms with Crippen LogP contribution in [-0.2, 0) is 0 Å². The molecular formula is C18H27N3O2. The lowest BCUT2D eigenvalue weighted by molar-refractivity contribution is -0.0368. The number of aliphatic hydroxyl groups excluding tert-OH is 1. The number of amides is 2. The molecule has 2 N–H and O–H groups in total. The molecule has 0 aromatic heterocycles. The summed E-state index contributed by atoms with van der Waals surface area (Å²) in [6, 6.07) is 8.60. The number of anilines is 1. The van der Waals surface area contributed by atoms with Crippen LogP contribution in [0.3, 0.4) is 0 Å². The number of carbonyl (C=O) groups is 1. The molecule has 2 heterocycles. The summed E-state index contributed by atoms with van der Waals surface area (Å²) in [6.07, 6.45) is 1.84. The van der Waals surface area contributed by atoms with Gasteiger partial charge in [0.1, 0.15) is 0 Å². The normalized spacial score (nSPS) is 20.6. The molecule has 3 rings (SSSR count). The highest BCUT2D eigenvalue weighted by atomic mass is 16.3. The summed E-state index contributed by atoms with van der Waals surface area (Å²) >= 11 is 0. The Kier molecular flexibility index (Phi) is 4.87. The van der Waals surface area contributed by atoms with E-state index in [1.54, 1.807) is 0 Å². The zero-order valence-electron chi connectivity index (χ0n) is 14.0. The first-order valence-electron chi connectivity index (χ1n) is 8.61.